The Hall–Kier alpha value is -1.44. The molecular formula is C23H39N3O3S. The SMILES string of the molecule is CCCCCCCCCCCCc1ccc(S(=O)(=O)NNC(=O)[C@@H]2CCCN2)cc1. The first-order valence-electron chi connectivity index (χ1n) is 11.7. The zero-order valence-corrected chi connectivity index (χ0v) is 19.2. The minimum atomic E-state index is -3.76. The topological polar surface area (TPSA) is 87.3 Å². The van der Waals surface area contributed by atoms with Crippen LogP contribution >= 0.6 is 0 Å². The fourth-order valence-electron chi connectivity index (χ4n) is 3.82. The highest BCUT2D eigenvalue weighted by Gasteiger charge is 2.23. The van der Waals surface area contributed by atoms with Gasteiger partial charge in [0, 0.05) is 0 Å². The minimum absolute atomic E-state index is 0.161. The van der Waals surface area contributed by atoms with Gasteiger partial charge in [-0.25, -0.2) is 8.42 Å². The van der Waals surface area contributed by atoms with Crippen molar-refractivity contribution in [1.29, 1.82) is 0 Å². The summed E-state index contributed by atoms with van der Waals surface area (Å²) in [7, 11) is -3.76. The lowest BCUT2D eigenvalue weighted by atomic mass is 10.0. The number of sulfonamides is 1. The summed E-state index contributed by atoms with van der Waals surface area (Å²) in [6, 6.07) is 6.61. The Kier molecular flexibility index (Phi) is 11.4. The van der Waals surface area contributed by atoms with Crippen molar-refractivity contribution in [2.24, 2.45) is 0 Å². The molecule has 1 aromatic rings. The van der Waals surface area contributed by atoms with E-state index in [0.29, 0.717) is 0 Å². The molecule has 0 unspecified atom stereocenters. The van der Waals surface area contributed by atoms with Gasteiger partial charge < -0.3 is 5.32 Å². The van der Waals surface area contributed by atoms with E-state index in [-0.39, 0.29) is 16.8 Å². The molecule has 0 saturated carbocycles. The van der Waals surface area contributed by atoms with E-state index in [9.17, 15) is 13.2 Å². The molecule has 0 aromatic heterocycles. The Labute approximate surface area is 182 Å². The van der Waals surface area contributed by atoms with Crippen LogP contribution < -0.4 is 15.6 Å². The third kappa shape index (κ3) is 9.14. The van der Waals surface area contributed by atoms with E-state index in [4.69, 9.17) is 0 Å². The number of nitrogens with one attached hydrogen (secondary N) is 3. The van der Waals surface area contributed by atoms with Crippen LogP contribution in [0.1, 0.15) is 89.5 Å². The highest BCUT2D eigenvalue weighted by Crippen LogP contribution is 2.15. The Bertz CT molecular complexity index is 714. The zero-order valence-electron chi connectivity index (χ0n) is 18.4. The van der Waals surface area contributed by atoms with Crippen molar-refractivity contribution in [3.8, 4) is 0 Å². The number of carbonyl (C=O) groups excluding carboxylic acids is 1. The molecule has 0 radical (unpaired) electrons. The minimum Gasteiger partial charge on any atom is -0.306 e. The van der Waals surface area contributed by atoms with Gasteiger partial charge in [0.25, 0.3) is 15.9 Å². The van der Waals surface area contributed by atoms with E-state index in [1.54, 1.807) is 12.1 Å². The molecular weight excluding hydrogens is 398 g/mol. The zero-order chi connectivity index (χ0) is 21.7. The molecule has 0 spiro atoms. The summed E-state index contributed by atoms with van der Waals surface area (Å²) in [6.45, 7) is 3.03. The third-order valence-corrected chi connectivity index (χ3v) is 7.00. The van der Waals surface area contributed by atoms with Crippen LogP contribution in [0.4, 0.5) is 0 Å². The smallest absolute Gasteiger partial charge is 0.257 e. The van der Waals surface area contributed by atoms with Gasteiger partial charge in [-0.15, -0.1) is 4.83 Å². The van der Waals surface area contributed by atoms with Gasteiger partial charge in [0.1, 0.15) is 0 Å². The average Bonchev–Trinajstić information content (AvgIpc) is 3.29. The molecule has 6 nitrogen and oxygen atoms in total. The first kappa shape index (κ1) is 24.8. The van der Waals surface area contributed by atoms with Crippen molar-refractivity contribution in [3.63, 3.8) is 0 Å². The Balaban J connectivity index is 1.62. The Morgan fingerprint density at radius 2 is 1.57 bits per heavy atom. The van der Waals surface area contributed by atoms with E-state index in [0.717, 1.165) is 37.8 Å². The summed E-state index contributed by atoms with van der Waals surface area (Å²) < 4.78 is 24.7. The van der Waals surface area contributed by atoms with Crippen LogP contribution in [0.15, 0.2) is 29.2 Å². The summed E-state index contributed by atoms with van der Waals surface area (Å²) in [6.07, 6.45) is 15.7. The Morgan fingerprint density at radius 1 is 0.967 bits per heavy atom. The number of hydrazine groups is 1. The molecule has 1 aliphatic heterocycles. The van der Waals surface area contributed by atoms with E-state index in [1.807, 2.05) is 12.1 Å². The lowest BCUT2D eigenvalue weighted by Crippen LogP contribution is -2.48. The molecule has 170 valence electrons. The van der Waals surface area contributed by atoms with Gasteiger partial charge in [0.05, 0.1) is 10.9 Å². The van der Waals surface area contributed by atoms with Crippen molar-refractivity contribution in [3.05, 3.63) is 29.8 Å². The molecule has 0 aliphatic carbocycles. The number of hydrogen-bond acceptors (Lipinski definition) is 4. The summed E-state index contributed by atoms with van der Waals surface area (Å²) in [4.78, 5) is 14.3. The van der Waals surface area contributed by atoms with Gasteiger partial charge >= 0.3 is 0 Å². The molecule has 1 amide bonds. The lowest BCUT2D eigenvalue weighted by Gasteiger charge is -2.12. The van der Waals surface area contributed by atoms with E-state index in [2.05, 4.69) is 22.5 Å². The van der Waals surface area contributed by atoms with Gasteiger partial charge in [-0.1, -0.05) is 76.8 Å². The van der Waals surface area contributed by atoms with E-state index in [1.165, 1.54) is 57.8 Å². The normalized spacial score (nSPS) is 16.6. The third-order valence-electron chi connectivity index (χ3n) is 5.74. The molecule has 1 aliphatic rings. The van der Waals surface area contributed by atoms with Crippen molar-refractivity contribution in [2.45, 2.75) is 101 Å². The van der Waals surface area contributed by atoms with E-state index < -0.39 is 10.0 Å². The predicted octanol–water partition coefficient (Wildman–Crippen LogP) is 4.21. The van der Waals surface area contributed by atoms with E-state index >= 15 is 0 Å². The van der Waals surface area contributed by atoms with Crippen LogP contribution in [-0.2, 0) is 21.2 Å². The standard InChI is InChI=1S/C23H39N3O3S/c1-2-3-4-5-6-7-8-9-10-11-13-20-15-17-21(18-16-20)30(28,29)26-25-23(27)22-14-12-19-24-22/h15-18,22,24,26H,2-14,19H2,1H3,(H,25,27)/t22-/m0/s1. The number of rotatable bonds is 15. The maximum Gasteiger partial charge on any atom is 0.257 e. The molecule has 2 rings (SSSR count). The average molecular weight is 438 g/mol. The molecule has 1 aromatic carbocycles. The second kappa shape index (κ2) is 13.8. The second-order valence-corrected chi connectivity index (χ2v) is 10.0. The molecule has 3 N–H and O–H groups in total. The van der Waals surface area contributed by atoms with Gasteiger partial charge in [-0.3, -0.25) is 10.2 Å². The fraction of sp³-hybridized carbons (Fsp3) is 0.696. The number of hydrogen-bond donors (Lipinski definition) is 3. The molecule has 1 atom stereocenters. The largest absolute Gasteiger partial charge is 0.306 e. The predicted molar refractivity (Wildman–Crippen MR) is 121 cm³/mol. The van der Waals surface area contributed by atoms with Crippen molar-refractivity contribution < 1.29 is 13.2 Å². The van der Waals surface area contributed by atoms with Crippen molar-refractivity contribution >= 4 is 15.9 Å². The number of carbonyl (C=O) groups is 1. The monoisotopic (exact) mass is 437 g/mol. The van der Waals surface area contributed by atoms with Gasteiger partial charge in [-0.05, 0) is 49.9 Å². The highest BCUT2D eigenvalue weighted by molar-refractivity contribution is 7.89. The van der Waals surface area contributed by atoms with Crippen LogP contribution in [0.2, 0.25) is 0 Å². The van der Waals surface area contributed by atoms with Crippen LogP contribution in [0, 0.1) is 0 Å². The van der Waals surface area contributed by atoms with Crippen molar-refractivity contribution in [2.75, 3.05) is 6.54 Å². The van der Waals surface area contributed by atoms with Crippen LogP contribution in [0.3, 0.4) is 0 Å². The first-order chi connectivity index (χ1) is 14.5. The van der Waals surface area contributed by atoms with Crippen molar-refractivity contribution in [1.82, 2.24) is 15.6 Å². The van der Waals surface area contributed by atoms with Crippen LogP contribution in [0.5, 0.6) is 0 Å². The van der Waals surface area contributed by atoms with Gasteiger partial charge in [0.2, 0.25) is 0 Å². The van der Waals surface area contributed by atoms with Crippen LogP contribution in [-0.4, -0.2) is 26.9 Å². The quantitative estimate of drug-likeness (QED) is 0.283. The molecule has 30 heavy (non-hydrogen) atoms. The first-order valence-corrected chi connectivity index (χ1v) is 13.2. The molecule has 1 fully saturated rings. The summed E-state index contributed by atoms with van der Waals surface area (Å²) in [5, 5.41) is 3.04. The molecule has 7 heteroatoms. The number of benzene rings is 1. The number of aryl methyl sites for hydroxylation is 1. The molecule has 1 heterocycles. The maximum absolute atomic E-state index is 12.4. The van der Waals surface area contributed by atoms with Crippen LogP contribution in [0.25, 0.3) is 0 Å². The fourth-order valence-corrected chi connectivity index (χ4v) is 4.67. The highest BCUT2D eigenvalue weighted by atomic mass is 32.2. The number of unbranched alkanes of at least 4 members (excludes halogenated alkanes) is 9. The van der Waals surface area contributed by atoms with Gasteiger partial charge in [-0.2, -0.15) is 0 Å². The summed E-state index contributed by atoms with van der Waals surface area (Å²) >= 11 is 0. The molecule has 1 saturated heterocycles. The molecule has 0 bridgehead atoms. The Morgan fingerprint density at radius 3 is 2.13 bits per heavy atom. The summed E-state index contributed by atoms with van der Waals surface area (Å²) in [5.41, 5.74) is 3.46. The maximum atomic E-state index is 12.4. The lowest BCUT2D eigenvalue weighted by molar-refractivity contribution is -0.123. The second-order valence-electron chi connectivity index (χ2n) is 8.32. The summed E-state index contributed by atoms with van der Waals surface area (Å²) in [5.74, 6) is -0.339. The van der Waals surface area contributed by atoms with Gasteiger partial charge in [0.15, 0.2) is 0 Å². The number of amides is 1.